The summed E-state index contributed by atoms with van der Waals surface area (Å²) in [6.07, 6.45) is 8.06. The molecule has 1 aliphatic rings. The van der Waals surface area contributed by atoms with Gasteiger partial charge >= 0.3 is 0 Å². The van der Waals surface area contributed by atoms with Gasteiger partial charge in [-0.2, -0.15) is 5.10 Å². The number of aromatic nitrogens is 2. The van der Waals surface area contributed by atoms with Gasteiger partial charge < -0.3 is 11.1 Å². The van der Waals surface area contributed by atoms with Gasteiger partial charge in [-0.15, -0.1) is 24.8 Å². The Bertz CT molecular complexity index is 359. The zero-order valence-electron chi connectivity index (χ0n) is 10.8. The van der Waals surface area contributed by atoms with E-state index in [1.54, 1.807) is 17.1 Å². The number of hydrogen-bond acceptors (Lipinski definition) is 3. The van der Waals surface area contributed by atoms with Crippen molar-refractivity contribution in [2.24, 2.45) is 11.7 Å². The van der Waals surface area contributed by atoms with Gasteiger partial charge in [0.15, 0.2) is 0 Å². The van der Waals surface area contributed by atoms with Crippen LogP contribution in [0.25, 0.3) is 0 Å². The maximum Gasteiger partial charge on any atom is 0.241 e. The lowest BCUT2D eigenvalue weighted by molar-refractivity contribution is -0.123. The Morgan fingerprint density at radius 1 is 1.37 bits per heavy atom. The Balaban J connectivity index is 0.00000162. The normalized spacial score (nSPS) is 21.9. The highest BCUT2D eigenvalue weighted by molar-refractivity contribution is 5.85. The number of nitrogens with two attached hydrogens (primary N) is 1. The summed E-state index contributed by atoms with van der Waals surface area (Å²) in [7, 11) is 0. The fourth-order valence-corrected chi connectivity index (χ4v) is 2.47. The number of hydrogen-bond donors (Lipinski definition) is 2. The minimum atomic E-state index is 0. The largest absolute Gasteiger partial charge is 0.351 e. The van der Waals surface area contributed by atoms with Gasteiger partial charge in [-0.05, 0) is 31.4 Å². The first kappa shape index (κ1) is 18.2. The van der Waals surface area contributed by atoms with Crippen LogP contribution in [0.3, 0.4) is 0 Å². The third kappa shape index (κ3) is 5.38. The van der Waals surface area contributed by atoms with Crippen LogP contribution >= 0.6 is 24.8 Å². The third-order valence-electron chi connectivity index (χ3n) is 3.42. The van der Waals surface area contributed by atoms with E-state index < -0.39 is 0 Å². The van der Waals surface area contributed by atoms with E-state index in [-0.39, 0.29) is 36.8 Å². The summed E-state index contributed by atoms with van der Waals surface area (Å²) in [4.78, 5) is 11.8. The van der Waals surface area contributed by atoms with Gasteiger partial charge in [0.25, 0.3) is 0 Å². The summed E-state index contributed by atoms with van der Waals surface area (Å²) >= 11 is 0. The average molecular weight is 309 g/mol. The van der Waals surface area contributed by atoms with Crippen molar-refractivity contribution in [2.45, 2.75) is 38.3 Å². The number of carbonyl (C=O) groups is 1. The first-order chi connectivity index (χ1) is 8.29. The predicted octanol–water partition coefficient (Wildman–Crippen LogP) is 1.36. The number of carbonyl (C=O) groups excluding carboxylic acids is 1. The Hall–Kier alpha value is -0.780. The van der Waals surface area contributed by atoms with Crippen molar-refractivity contribution in [2.75, 3.05) is 6.54 Å². The lowest BCUT2D eigenvalue weighted by Gasteiger charge is -2.31. The van der Waals surface area contributed by atoms with E-state index in [1.807, 2.05) is 6.07 Å². The van der Waals surface area contributed by atoms with Crippen LogP contribution in [0.5, 0.6) is 0 Å². The first-order valence-corrected chi connectivity index (χ1v) is 6.26. The molecule has 3 N–H and O–H groups in total. The second-order valence-electron chi connectivity index (χ2n) is 4.66. The van der Waals surface area contributed by atoms with Crippen LogP contribution < -0.4 is 11.1 Å². The lowest BCUT2D eigenvalue weighted by atomic mass is 9.84. The predicted molar refractivity (Wildman–Crippen MR) is 79.7 cm³/mol. The van der Waals surface area contributed by atoms with Crippen LogP contribution in [0, 0.1) is 5.92 Å². The molecule has 1 aromatic heterocycles. The number of rotatable bonds is 4. The third-order valence-corrected chi connectivity index (χ3v) is 3.42. The summed E-state index contributed by atoms with van der Waals surface area (Å²) < 4.78 is 1.63. The number of nitrogens with zero attached hydrogens (tertiary/aromatic N) is 2. The molecule has 1 fully saturated rings. The highest BCUT2D eigenvalue weighted by Crippen LogP contribution is 2.23. The van der Waals surface area contributed by atoms with Gasteiger partial charge in [-0.25, -0.2) is 0 Å². The molecule has 5 nitrogen and oxygen atoms in total. The highest BCUT2D eigenvalue weighted by atomic mass is 35.5. The molecule has 1 aliphatic carbocycles. The van der Waals surface area contributed by atoms with Crippen molar-refractivity contribution in [3.63, 3.8) is 0 Å². The Labute approximate surface area is 126 Å². The van der Waals surface area contributed by atoms with Gasteiger partial charge in [0.2, 0.25) is 5.91 Å². The van der Waals surface area contributed by atoms with Crippen molar-refractivity contribution in [3.8, 4) is 0 Å². The van der Waals surface area contributed by atoms with E-state index >= 15 is 0 Å². The Morgan fingerprint density at radius 2 is 2.11 bits per heavy atom. The molecule has 2 unspecified atom stereocenters. The van der Waals surface area contributed by atoms with Crippen LogP contribution in [0.4, 0.5) is 0 Å². The molecule has 0 bridgehead atoms. The number of halogens is 2. The van der Waals surface area contributed by atoms with Crippen molar-refractivity contribution < 1.29 is 4.79 Å². The quantitative estimate of drug-likeness (QED) is 0.882. The van der Waals surface area contributed by atoms with E-state index in [1.165, 1.54) is 12.8 Å². The molecule has 0 radical (unpaired) electrons. The second kappa shape index (κ2) is 9.18. The fourth-order valence-electron chi connectivity index (χ4n) is 2.47. The molecule has 0 aromatic carbocycles. The van der Waals surface area contributed by atoms with Crippen molar-refractivity contribution in [1.29, 1.82) is 0 Å². The van der Waals surface area contributed by atoms with Crippen molar-refractivity contribution in [3.05, 3.63) is 18.5 Å². The summed E-state index contributed by atoms with van der Waals surface area (Å²) in [6.45, 7) is 0.952. The minimum Gasteiger partial charge on any atom is -0.351 e. The number of amides is 1. The van der Waals surface area contributed by atoms with E-state index in [4.69, 9.17) is 5.73 Å². The standard InChI is InChI=1S/C12H20N4O.2ClH/c13-8-10-4-1-2-5-11(10)15-12(17)9-16-7-3-6-14-16;;/h3,6-7,10-11H,1-2,4-5,8-9,13H2,(H,15,17);2*1H. The maximum absolute atomic E-state index is 11.8. The molecular weight excluding hydrogens is 287 g/mol. The van der Waals surface area contributed by atoms with E-state index in [9.17, 15) is 4.79 Å². The summed E-state index contributed by atoms with van der Waals surface area (Å²) in [5.41, 5.74) is 5.74. The van der Waals surface area contributed by atoms with Gasteiger partial charge in [0.1, 0.15) is 6.54 Å². The Kier molecular flexibility index (Phi) is 8.80. The first-order valence-electron chi connectivity index (χ1n) is 6.26. The van der Waals surface area contributed by atoms with E-state index in [2.05, 4.69) is 10.4 Å². The van der Waals surface area contributed by atoms with Gasteiger partial charge in [0.05, 0.1) is 0 Å². The van der Waals surface area contributed by atoms with Crippen molar-refractivity contribution >= 4 is 30.7 Å². The van der Waals surface area contributed by atoms with E-state index in [0.29, 0.717) is 19.0 Å². The SMILES string of the molecule is Cl.Cl.NCC1CCCCC1NC(=O)Cn1cccn1. The van der Waals surface area contributed by atoms with Crippen molar-refractivity contribution in [1.82, 2.24) is 15.1 Å². The Morgan fingerprint density at radius 3 is 2.74 bits per heavy atom. The van der Waals surface area contributed by atoms with Crippen LogP contribution in [0.15, 0.2) is 18.5 Å². The molecule has 1 aromatic rings. The maximum atomic E-state index is 11.8. The molecule has 1 saturated carbocycles. The monoisotopic (exact) mass is 308 g/mol. The van der Waals surface area contributed by atoms with Crippen LogP contribution in [0.1, 0.15) is 25.7 Å². The molecule has 1 amide bonds. The fraction of sp³-hybridized carbons (Fsp3) is 0.667. The second-order valence-corrected chi connectivity index (χ2v) is 4.66. The smallest absolute Gasteiger partial charge is 0.241 e. The number of nitrogens with one attached hydrogen (secondary N) is 1. The zero-order chi connectivity index (χ0) is 12.1. The summed E-state index contributed by atoms with van der Waals surface area (Å²) in [6, 6.07) is 2.06. The van der Waals surface area contributed by atoms with Gasteiger partial charge in [0, 0.05) is 18.4 Å². The average Bonchev–Trinajstić information content (AvgIpc) is 2.82. The summed E-state index contributed by atoms with van der Waals surface area (Å²) in [5, 5.41) is 7.10. The molecule has 0 spiro atoms. The molecular formula is C12H22Cl2N4O. The molecule has 0 saturated heterocycles. The van der Waals surface area contributed by atoms with Crippen LogP contribution in [0.2, 0.25) is 0 Å². The topological polar surface area (TPSA) is 72.9 Å². The molecule has 2 rings (SSSR count). The summed E-state index contributed by atoms with van der Waals surface area (Å²) in [5.74, 6) is 0.462. The van der Waals surface area contributed by atoms with E-state index in [0.717, 1.165) is 12.8 Å². The zero-order valence-corrected chi connectivity index (χ0v) is 12.5. The highest BCUT2D eigenvalue weighted by Gasteiger charge is 2.25. The lowest BCUT2D eigenvalue weighted by Crippen LogP contribution is -2.45. The van der Waals surface area contributed by atoms with Crippen LogP contribution in [-0.2, 0) is 11.3 Å². The molecule has 2 atom stereocenters. The molecule has 19 heavy (non-hydrogen) atoms. The molecule has 0 aliphatic heterocycles. The molecule has 7 heteroatoms. The van der Waals surface area contributed by atoms with Gasteiger partial charge in [-0.3, -0.25) is 9.48 Å². The van der Waals surface area contributed by atoms with Crippen LogP contribution in [-0.4, -0.2) is 28.3 Å². The van der Waals surface area contributed by atoms with Gasteiger partial charge in [-0.1, -0.05) is 12.8 Å². The molecule has 1 heterocycles. The molecule has 110 valence electrons. The minimum absolute atomic E-state index is 0.